The highest BCUT2D eigenvalue weighted by molar-refractivity contribution is 5.79. The summed E-state index contributed by atoms with van der Waals surface area (Å²) in [5, 5.41) is 2.97. The number of nitrogens with one attached hydrogen (secondary N) is 1. The summed E-state index contributed by atoms with van der Waals surface area (Å²) in [4.78, 5) is 31.0. The van der Waals surface area contributed by atoms with Crippen LogP contribution in [0.4, 0.5) is 0 Å². The molecule has 0 unspecified atom stereocenters. The number of likely N-dealkylation sites (N-methyl/N-ethyl adjacent to an activating group) is 1. The largest absolute Gasteiger partial charge is 0.353 e. The van der Waals surface area contributed by atoms with Crippen LogP contribution in [-0.4, -0.2) is 41.0 Å². The Labute approximate surface area is 164 Å². The maximum absolute atomic E-state index is 12.6. The lowest BCUT2D eigenvalue weighted by molar-refractivity contribution is -0.121. The van der Waals surface area contributed by atoms with Gasteiger partial charge < -0.3 is 10.2 Å². The topological polar surface area (TPSA) is 67.2 Å². The molecule has 1 N–H and O–H groups in total. The number of aromatic nitrogens is 2. The van der Waals surface area contributed by atoms with Crippen LogP contribution in [0.1, 0.15) is 24.1 Å². The summed E-state index contributed by atoms with van der Waals surface area (Å²) in [5.41, 5.74) is 3.50. The molecular weight excluding hydrogens is 352 g/mol. The first-order valence-corrected chi connectivity index (χ1v) is 9.46. The minimum atomic E-state index is -0.284. The van der Waals surface area contributed by atoms with E-state index in [9.17, 15) is 9.59 Å². The second kappa shape index (κ2) is 8.80. The number of aryl methyl sites for hydroxylation is 1. The molecule has 0 radical (unpaired) electrons. The fraction of sp³-hybridized carbons (Fsp3) is 0.318. The number of carbonyl (C=O) groups excluding carboxylic acids is 1. The van der Waals surface area contributed by atoms with E-state index in [1.54, 1.807) is 6.07 Å². The number of hydrogen-bond donors (Lipinski definition) is 1. The maximum atomic E-state index is 12.6. The van der Waals surface area contributed by atoms with Gasteiger partial charge in [0, 0.05) is 6.54 Å². The van der Waals surface area contributed by atoms with E-state index in [0.717, 1.165) is 12.0 Å². The highest BCUT2D eigenvalue weighted by atomic mass is 16.2. The van der Waals surface area contributed by atoms with Crippen LogP contribution in [0.25, 0.3) is 11.0 Å². The maximum Gasteiger partial charge on any atom is 0.269 e. The molecule has 6 heteroatoms. The van der Waals surface area contributed by atoms with Crippen LogP contribution in [0.2, 0.25) is 0 Å². The molecule has 0 aliphatic heterocycles. The fourth-order valence-corrected chi connectivity index (χ4v) is 3.26. The lowest BCUT2D eigenvalue weighted by Crippen LogP contribution is -2.38. The van der Waals surface area contributed by atoms with Gasteiger partial charge in [0.25, 0.3) is 5.56 Å². The number of amides is 1. The van der Waals surface area contributed by atoms with Crippen molar-refractivity contribution in [3.05, 3.63) is 76.2 Å². The number of fused-ring (bicyclic) bond motifs is 1. The van der Waals surface area contributed by atoms with Gasteiger partial charge in [-0.1, -0.05) is 43.3 Å². The second-order valence-electron chi connectivity index (χ2n) is 7.05. The van der Waals surface area contributed by atoms with Gasteiger partial charge in [0.15, 0.2) is 0 Å². The van der Waals surface area contributed by atoms with Gasteiger partial charge in [-0.3, -0.25) is 14.2 Å². The summed E-state index contributed by atoms with van der Waals surface area (Å²) in [7, 11) is 3.98. The van der Waals surface area contributed by atoms with Crippen molar-refractivity contribution in [3.63, 3.8) is 0 Å². The van der Waals surface area contributed by atoms with E-state index in [4.69, 9.17) is 0 Å². The molecule has 0 aliphatic carbocycles. The molecule has 0 bridgehead atoms. The molecule has 1 aromatic heterocycles. The van der Waals surface area contributed by atoms with Crippen molar-refractivity contribution in [1.29, 1.82) is 0 Å². The van der Waals surface area contributed by atoms with Gasteiger partial charge in [0.05, 0.1) is 23.3 Å². The zero-order valence-electron chi connectivity index (χ0n) is 16.6. The summed E-state index contributed by atoms with van der Waals surface area (Å²) in [6.45, 7) is 2.56. The van der Waals surface area contributed by atoms with Crippen LogP contribution in [0.15, 0.2) is 59.5 Å². The molecule has 28 heavy (non-hydrogen) atoms. The van der Waals surface area contributed by atoms with Gasteiger partial charge in [-0.2, -0.15) is 0 Å². The Morgan fingerprint density at radius 1 is 1.14 bits per heavy atom. The monoisotopic (exact) mass is 378 g/mol. The average molecular weight is 378 g/mol. The first-order chi connectivity index (χ1) is 13.5. The number of rotatable bonds is 7. The minimum absolute atomic E-state index is 0.0310. The minimum Gasteiger partial charge on any atom is -0.353 e. The molecule has 1 heterocycles. The van der Waals surface area contributed by atoms with Crippen molar-refractivity contribution in [3.8, 4) is 0 Å². The van der Waals surface area contributed by atoms with E-state index in [2.05, 4.69) is 46.4 Å². The zero-order chi connectivity index (χ0) is 20.1. The third-order valence-electron chi connectivity index (χ3n) is 4.94. The lowest BCUT2D eigenvalue weighted by atomic mass is 10.0. The standard InChI is InChI=1S/C22H26N4O2/c1-4-16-9-11-17(12-10-16)20(25(2)3)13-24-21(27)15-26-19-8-6-5-7-18(19)23-14-22(26)28/h5-12,14,20H,4,13,15H2,1-3H3,(H,24,27)/t20-/m1/s1. The number of carbonyl (C=O) groups is 1. The molecule has 0 spiro atoms. The van der Waals surface area contributed by atoms with Crippen molar-refractivity contribution in [2.24, 2.45) is 0 Å². The Morgan fingerprint density at radius 3 is 2.54 bits per heavy atom. The van der Waals surface area contributed by atoms with Crippen molar-refractivity contribution in [2.75, 3.05) is 20.6 Å². The van der Waals surface area contributed by atoms with Crippen LogP contribution in [0, 0.1) is 0 Å². The normalized spacial score (nSPS) is 12.3. The Bertz CT molecular complexity index is 1010. The van der Waals surface area contributed by atoms with Crippen molar-refractivity contribution in [2.45, 2.75) is 25.9 Å². The number of hydrogen-bond acceptors (Lipinski definition) is 4. The van der Waals surface area contributed by atoms with Crippen molar-refractivity contribution < 1.29 is 4.79 Å². The summed E-state index contributed by atoms with van der Waals surface area (Å²) >= 11 is 0. The van der Waals surface area contributed by atoms with E-state index < -0.39 is 0 Å². The molecule has 1 atom stereocenters. The summed E-state index contributed by atoms with van der Waals surface area (Å²) in [5.74, 6) is -0.199. The molecule has 1 amide bonds. The predicted molar refractivity (Wildman–Crippen MR) is 111 cm³/mol. The Hall–Kier alpha value is -2.99. The van der Waals surface area contributed by atoms with Crippen LogP contribution in [-0.2, 0) is 17.8 Å². The Balaban J connectivity index is 1.72. The van der Waals surface area contributed by atoms with Gasteiger partial charge in [0.1, 0.15) is 6.54 Å². The van der Waals surface area contributed by atoms with E-state index >= 15 is 0 Å². The number of benzene rings is 2. The van der Waals surface area contributed by atoms with E-state index in [0.29, 0.717) is 17.6 Å². The van der Waals surface area contributed by atoms with Gasteiger partial charge in [0.2, 0.25) is 5.91 Å². The SMILES string of the molecule is CCc1ccc([C@@H](CNC(=O)Cn2c(=O)cnc3ccccc32)N(C)C)cc1. The van der Waals surface area contributed by atoms with Gasteiger partial charge >= 0.3 is 0 Å². The third-order valence-corrected chi connectivity index (χ3v) is 4.94. The second-order valence-corrected chi connectivity index (χ2v) is 7.05. The average Bonchev–Trinajstić information content (AvgIpc) is 2.70. The first-order valence-electron chi connectivity index (χ1n) is 9.46. The van der Waals surface area contributed by atoms with E-state index in [1.807, 2.05) is 32.3 Å². The summed E-state index contributed by atoms with van der Waals surface area (Å²) in [6, 6.07) is 15.8. The highest BCUT2D eigenvalue weighted by Gasteiger charge is 2.16. The highest BCUT2D eigenvalue weighted by Crippen LogP contribution is 2.18. The van der Waals surface area contributed by atoms with Gasteiger partial charge in [-0.05, 0) is 43.8 Å². The van der Waals surface area contributed by atoms with E-state index in [-0.39, 0.29) is 24.1 Å². The lowest BCUT2D eigenvalue weighted by Gasteiger charge is -2.25. The molecule has 146 valence electrons. The molecule has 0 aliphatic rings. The molecule has 3 aromatic rings. The molecule has 6 nitrogen and oxygen atoms in total. The molecule has 0 saturated carbocycles. The summed E-state index contributed by atoms with van der Waals surface area (Å²) in [6.07, 6.45) is 2.26. The summed E-state index contributed by atoms with van der Waals surface area (Å²) < 4.78 is 1.46. The Morgan fingerprint density at radius 2 is 1.86 bits per heavy atom. The number of nitrogens with zero attached hydrogens (tertiary/aromatic N) is 3. The third kappa shape index (κ3) is 4.46. The zero-order valence-corrected chi connectivity index (χ0v) is 16.6. The first kappa shape index (κ1) is 19.8. The van der Waals surface area contributed by atoms with Crippen molar-refractivity contribution >= 4 is 16.9 Å². The van der Waals surface area contributed by atoms with Gasteiger partial charge in [-0.15, -0.1) is 0 Å². The van der Waals surface area contributed by atoms with Crippen LogP contribution < -0.4 is 10.9 Å². The molecular formula is C22H26N4O2. The predicted octanol–water partition coefficient (Wildman–Crippen LogP) is 2.38. The van der Waals surface area contributed by atoms with Crippen molar-refractivity contribution in [1.82, 2.24) is 19.8 Å². The molecule has 2 aromatic carbocycles. The molecule has 0 saturated heterocycles. The van der Waals surface area contributed by atoms with Gasteiger partial charge in [-0.25, -0.2) is 4.98 Å². The van der Waals surface area contributed by atoms with Crippen LogP contribution in [0.5, 0.6) is 0 Å². The van der Waals surface area contributed by atoms with Crippen LogP contribution >= 0.6 is 0 Å². The molecule has 0 fully saturated rings. The Kier molecular flexibility index (Phi) is 6.21. The number of para-hydroxylation sites is 2. The fourth-order valence-electron chi connectivity index (χ4n) is 3.26. The molecule has 3 rings (SSSR count). The smallest absolute Gasteiger partial charge is 0.269 e. The van der Waals surface area contributed by atoms with E-state index in [1.165, 1.54) is 16.3 Å². The van der Waals surface area contributed by atoms with Crippen LogP contribution in [0.3, 0.4) is 0 Å². The quantitative estimate of drug-likeness (QED) is 0.685.